The predicted molar refractivity (Wildman–Crippen MR) is 65.5 cm³/mol. The van der Waals surface area contributed by atoms with E-state index in [1.165, 1.54) is 5.56 Å². The second-order valence-electron chi connectivity index (χ2n) is 4.70. The molecule has 1 heterocycles. The Balaban J connectivity index is 2.10. The summed E-state index contributed by atoms with van der Waals surface area (Å²) in [4.78, 5) is 13.7. The zero-order valence-corrected chi connectivity index (χ0v) is 10.0. The van der Waals surface area contributed by atoms with Crippen molar-refractivity contribution < 1.29 is 9.90 Å². The van der Waals surface area contributed by atoms with Crippen molar-refractivity contribution in [3.63, 3.8) is 0 Å². The number of nitrogens with zero attached hydrogens (tertiary/aromatic N) is 1. The zero-order valence-electron chi connectivity index (χ0n) is 10.0. The first-order valence-electron chi connectivity index (χ1n) is 5.90. The lowest BCUT2D eigenvalue weighted by Gasteiger charge is -2.29. The van der Waals surface area contributed by atoms with E-state index in [2.05, 4.69) is 0 Å². The average molecular weight is 234 g/mol. The van der Waals surface area contributed by atoms with E-state index in [-0.39, 0.29) is 17.7 Å². The van der Waals surface area contributed by atoms with Crippen LogP contribution in [0, 0.1) is 0 Å². The second-order valence-corrected chi connectivity index (χ2v) is 4.70. The van der Waals surface area contributed by atoms with E-state index in [0.717, 1.165) is 18.5 Å². The molecular weight excluding hydrogens is 216 g/mol. The quantitative estimate of drug-likeness (QED) is 0.802. The van der Waals surface area contributed by atoms with Gasteiger partial charge in [-0.3, -0.25) is 4.79 Å². The highest BCUT2D eigenvalue weighted by atomic mass is 16.3. The molecule has 2 rings (SSSR count). The molecule has 4 nitrogen and oxygen atoms in total. The fourth-order valence-corrected chi connectivity index (χ4v) is 2.16. The molecule has 0 fully saturated rings. The smallest absolute Gasteiger partial charge is 0.224 e. The van der Waals surface area contributed by atoms with Crippen LogP contribution in [-0.2, 0) is 17.8 Å². The molecule has 1 aromatic carbocycles. The maximum atomic E-state index is 11.9. The van der Waals surface area contributed by atoms with Crippen LogP contribution in [0.3, 0.4) is 0 Å². The number of hydrogen-bond acceptors (Lipinski definition) is 3. The van der Waals surface area contributed by atoms with Crippen LogP contribution in [0.25, 0.3) is 0 Å². The molecule has 1 unspecified atom stereocenters. The van der Waals surface area contributed by atoms with Gasteiger partial charge in [-0.05, 0) is 36.6 Å². The predicted octanol–water partition coefficient (Wildman–Crippen LogP) is 1.01. The highest BCUT2D eigenvalue weighted by Gasteiger charge is 2.21. The Morgan fingerprint density at radius 1 is 1.53 bits per heavy atom. The van der Waals surface area contributed by atoms with Crippen molar-refractivity contribution >= 4 is 5.91 Å². The molecule has 1 aliphatic rings. The maximum Gasteiger partial charge on any atom is 0.224 e. The van der Waals surface area contributed by atoms with Crippen molar-refractivity contribution in [1.82, 2.24) is 4.90 Å². The number of carbonyl (C=O) groups excluding carboxylic acids is 1. The number of phenols is 1. The molecule has 0 bridgehead atoms. The van der Waals surface area contributed by atoms with Crippen molar-refractivity contribution in [2.24, 2.45) is 5.73 Å². The Bertz CT molecular complexity index is 429. The largest absolute Gasteiger partial charge is 0.508 e. The van der Waals surface area contributed by atoms with E-state index in [1.54, 1.807) is 12.1 Å². The van der Waals surface area contributed by atoms with Gasteiger partial charge in [-0.25, -0.2) is 0 Å². The minimum atomic E-state index is -0.104. The number of amides is 1. The third kappa shape index (κ3) is 2.77. The van der Waals surface area contributed by atoms with Crippen LogP contribution >= 0.6 is 0 Å². The number of phenolic OH excluding ortho intramolecular Hbond substituents is 1. The Kier molecular flexibility index (Phi) is 3.33. The lowest BCUT2D eigenvalue weighted by molar-refractivity contribution is -0.132. The highest BCUT2D eigenvalue weighted by Crippen LogP contribution is 2.23. The number of aromatic hydroxyl groups is 1. The van der Waals surface area contributed by atoms with Gasteiger partial charge >= 0.3 is 0 Å². The topological polar surface area (TPSA) is 66.6 Å². The maximum absolute atomic E-state index is 11.9. The summed E-state index contributed by atoms with van der Waals surface area (Å²) < 4.78 is 0. The molecule has 92 valence electrons. The Hall–Kier alpha value is -1.55. The first kappa shape index (κ1) is 11.9. The lowest BCUT2D eigenvalue weighted by Crippen LogP contribution is -2.38. The fraction of sp³-hybridized carbons (Fsp3) is 0.462. The molecule has 0 radical (unpaired) electrons. The number of rotatable bonds is 2. The molecule has 1 atom stereocenters. The van der Waals surface area contributed by atoms with Crippen molar-refractivity contribution in [2.45, 2.75) is 32.4 Å². The van der Waals surface area contributed by atoms with Crippen molar-refractivity contribution in [1.29, 1.82) is 0 Å². The van der Waals surface area contributed by atoms with Gasteiger partial charge in [-0.15, -0.1) is 0 Å². The summed E-state index contributed by atoms with van der Waals surface area (Å²) in [5.74, 6) is 0.347. The van der Waals surface area contributed by atoms with Gasteiger partial charge in [0.1, 0.15) is 5.75 Å². The molecule has 0 saturated carbocycles. The summed E-state index contributed by atoms with van der Waals surface area (Å²) in [6, 6.07) is 5.25. The SMILES string of the molecule is CC(N)CC(=O)N1CCc2ccc(O)cc2C1. The van der Waals surface area contributed by atoms with Gasteiger partial charge in [0.05, 0.1) is 0 Å². The van der Waals surface area contributed by atoms with Gasteiger partial charge in [0.2, 0.25) is 5.91 Å². The minimum Gasteiger partial charge on any atom is -0.508 e. The van der Waals surface area contributed by atoms with Gasteiger partial charge in [-0.2, -0.15) is 0 Å². The number of hydrogen-bond donors (Lipinski definition) is 2. The number of benzene rings is 1. The monoisotopic (exact) mass is 234 g/mol. The molecular formula is C13H18N2O2. The normalized spacial score (nSPS) is 16.5. The molecule has 1 aliphatic heterocycles. The second kappa shape index (κ2) is 4.75. The summed E-state index contributed by atoms with van der Waals surface area (Å²) >= 11 is 0. The van der Waals surface area contributed by atoms with Crippen LogP contribution < -0.4 is 5.73 Å². The Morgan fingerprint density at radius 2 is 2.29 bits per heavy atom. The summed E-state index contributed by atoms with van der Waals surface area (Å²) in [5, 5.41) is 9.44. The van der Waals surface area contributed by atoms with E-state index >= 15 is 0 Å². The first-order chi connectivity index (χ1) is 8.06. The summed E-state index contributed by atoms with van der Waals surface area (Å²) in [6.07, 6.45) is 1.23. The van der Waals surface area contributed by atoms with Gasteiger partial charge in [0.15, 0.2) is 0 Å². The molecule has 4 heteroatoms. The van der Waals surface area contributed by atoms with Crippen molar-refractivity contribution in [3.8, 4) is 5.75 Å². The van der Waals surface area contributed by atoms with E-state index in [1.807, 2.05) is 17.9 Å². The molecule has 1 aromatic rings. The molecule has 0 saturated heterocycles. The Morgan fingerprint density at radius 3 is 3.00 bits per heavy atom. The standard InChI is InChI=1S/C13H18N2O2/c1-9(14)6-13(17)15-5-4-10-2-3-12(16)7-11(10)8-15/h2-3,7,9,16H,4-6,8,14H2,1H3. The van der Waals surface area contributed by atoms with Crippen LogP contribution in [0.4, 0.5) is 0 Å². The third-order valence-electron chi connectivity index (χ3n) is 3.05. The summed E-state index contributed by atoms with van der Waals surface area (Å²) in [6.45, 7) is 3.15. The summed E-state index contributed by atoms with van der Waals surface area (Å²) in [5.41, 5.74) is 7.88. The van der Waals surface area contributed by atoms with Crippen LogP contribution in [0.1, 0.15) is 24.5 Å². The van der Waals surface area contributed by atoms with Crippen molar-refractivity contribution in [3.05, 3.63) is 29.3 Å². The van der Waals surface area contributed by atoms with E-state index < -0.39 is 0 Å². The molecule has 0 spiro atoms. The van der Waals surface area contributed by atoms with Crippen LogP contribution in [0.5, 0.6) is 5.75 Å². The van der Waals surface area contributed by atoms with Gasteiger partial charge in [0.25, 0.3) is 0 Å². The van der Waals surface area contributed by atoms with Crippen LogP contribution in [0.15, 0.2) is 18.2 Å². The highest BCUT2D eigenvalue weighted by molar-refractivity contribution is 5.77. The minimum absolute atomic E-state index is 0.0917. The molecule has 3 N–H and O–H groups in total. The van der Waals surface area contributed by atoms with Crippen LogP contribution in [0.2, 0.25) is 0 Å². The van der Waals surface area contributed by atoms with E-state index in [9.17, 15) is 9.90 Å². The average Bonchev–Trinajstić information content (AvgIpc) is 2.27. The zero-order chi connectivity index (χ0) is 12.4. The number of carbonyl (C=O) groups is 1. The third-order valence-corrected chi connectivity index (χ3v) is 3.05. The van der Waals surface area contributed by atoms with Gasteiger partial charge in [0, 0.05) is 25.6 Å². The molecule has 0 aromatic heterocycles. The molecule has 0 aliphatic carbocycles. The lowest BCUT2D eigenvalue weighted by atomic mass is 9.99. The van der Waals surface area contributed by atoms with Crippen molar-refractivity contribution in [2.75, 3.05) is 6.54 Å². The first-order valence-corrected chi connectivity index (χ1v) is 5.90. The van der Waals surface area contributed by atoms with Gasteiger partial charge in [-0.1, -0.05) is 6.07 Å². The molecule has 1 amide bonds. The van der Waals surface area contributed by atoms with E-state index in [0.29, 0.717) is 13.0 Å². The van der Waals surface area contributed by atoms with Crippen LogP contribution in [-0.4, -0.2) is 28.5 Å². The van der Waals surface area contributed by atoms with Gasteiger partial charge < -0.3 is 15.7 Å². The van der Waals surface area contributed by atoms with E-state index in [4.69, 9.17) is 5.73 Å². The summed E-state index contributed by atoms with van der Waals surface area (Å²) in [7, 11) is 0. The Labute approximate surface area is 101 Å². The number of nitrogens with two attached hydrogens (primary N) is 1. The fourth-order valence-electron chi connectivity index (χ4n) is 2.16. The number of fused-ring (bicyclic) bond motifs is 1. The molecule has 17 heavy (non-hydrogen) atoms.